The predicted octanol–water partition coefficient (Wildman–Crippen LogP) is 3.84. The van der Waals surface area contributed by atoms with E-state index in [0.29, 0.717) is 43.6 Å². The van der Waals surface area contributed by atoms with Crippen LogP contribution in [-0.4, -0.2) is 88.5 Å². The SMILES string of the molecule is CC(C)N1CCC2(CCOc3ccc(C(F)(F)F)cc3S(=O)(=O)N3C[C@H](OCc4cn(Cc5ccccc5)nn4)C[C@H]3C(=O)N2)CC1. The van der Waals surface area contributed by atoms with Gasteiger partial charge in [0.1, 0.15) is 22.4 Å². The zero-order chi connectivity index (χ0) is 33.4. The first kappa shape index (κ1) is 33.4. The van der Waals surface area contributed by atoms with Gasteiger partial charge in [0.15, 0.2) is 0 Å². The van der Waals surface area contributed by atoms with Crippen LogP contribution in [0.15, 0.2) is 59.6 Å². The summed E-state index contributed by atoms with van der Waals surface area (Å²) < 4.78 is 84.2. The lowest BCUT2D eigenvalue weighted by atomic mass is 9.83. The van der Waals surface area contributed by atoms with Gasteiger partial charge in [-0.3, -0.25) is 4.79 Å². The number of sulfonamides is 1. The topological polar surface area (TPSA) is 119 Å². The molecule has 3 aliphatic rings. The minimum atomic E-state index is -4.78. The molecule has 47 heavy (non-hydrogen) atoms. The molecule has 0 saturated carbocycles. The van der Waals surface area contributed by atoms with E-state index in [9.17, 15) is 26.4 Å². The molecule has 3 aromatic rings. The van der Waals surface area contributed by atoms with Crippen molar-refractivity contribution in [1.82, 2.24) is 29.5 Å². The maximum atomic E-state index is 14.2. The fourth-order valence-corrected chi connectivity index (χ4v) is 8.38. The highest BCUT2D eigenvalue weighted by molar-refractivity contribution is 7.89. The summed E-state index contributed by atoms with van der Waals surface area (Å²) in [7, 11) is -4.63. The average molecular weight is 677 g/mol. The van der Waals surface area contributed by atoms with Gasteiger partial charge in [-0.2, -0.15) is 17.5 Å². The monoisotopic (exact) mass is 676 g/mol. The van der Waals surface area contributed by atoms with Gasteiger partial charge in [-0.1, -0.05) is 35.5 Å². The van der Waals surface area contributed by atoms with E-state index >= 15 is 0 Å². The number of carbonyl (C=O) groups is 1. The number of nitrogens with zero attached hydrogens (tertiary/aromatic N) is 5. The Bertz CT molecular complexity index is 1680. The number of amides is 1. The lowest BCUT2D eigenvalue weighted by Crippen LogP contribution is -2.59. The third-order valence-corrected chi connectivity index (χ3v) is 11.2. The summed E-state index contributed by atoms with van der Waals surface area (Å²) in [4.78, 5) is 15.7. The highest BCUT2D eigenvalue weighted by Gasteiger charge is 2.48. The molecule has 254 valence electrons. The van der Waals surface area contributed by atoms with Crippen LogP contribution >= 0.6 is 0 Å². The third-order valence-electron chi connectivity index (χ3n) is 9.33. The Morgan fingerprint density at radius 3 is 2.55 bits per heavy atom. The van der Waals surface area contributed by atoms with Gasteiger partial charge in [-0.15, -0.1) is 5.10 Å². The highest BCUT2D eigenvalue weighted by Crippen LogP contribution is 2.39. The molecule has 1 spiro atoms. The largest absolute Gasteiger partial charge is 0.492 e. The molecule has 1 aromatic heterocycles. The van der Waals surface area contributed by atoms with Crippen LogP contribution in [0.5, 0.6) is 5.75 Å². The van der Waals surface area contributed by atoms with Crippen molar-refractivity contribution in [2.24, 2.45) is 0 Å². The minimum Gasteiger partial charge on any atom is -0.492 e. The van der Waals surface area contributed by atoms with Gasteiger partial charge >= 0.3 is 6.18 Å². The Hall–Kier alpha value is -3.53. The summed E-state index contributed by atoms with van der Waals surface area (Å²) in [5.74, 6) is -0.679. The van der Waals surface area contributed by atoms with Crippen molar-refractivity contribution in [3.05, 3.63) is 71.5 Å². The number of benzene rings is 2. The maximum Gasteiger partial charge on any atom is 0.416 e. The molecule has 2 atom stereocenters. The molecule has 15 heteroatoms. The molecule has 11 nitrogen and oxygen atoms in total. The van der Waals surface area contributed by atoms with Crippen molar-refractivity contribution >= 4 is 15.9 Å². The van der Waals surface area contributed by atoms with E-state index in [1.54, 1.807) is 10.9 Å². The van der Waals surface area contributed by atoms with Gasteiger partial charge in [0.2, 0.25) is 15.9 Å². The van der Waals surface area contributed by atoms with Crippen LogP contribution in [0.3, 0.4) is 0 Å². The van der Waals surface area contributed by atoms with E-state index in [2.05, 4.69) is 34.4 Å². The van der Waals surface area contributed by atoms with Crippen molar-refractivity contribution in [3.63, 3.8) is 0 Å². The Morgan fingerprint density at radius 2 is 1.85 bits per heavy atom. The molecular formula is C32H39F3N6O5S. The number of piperidine rings is 1. The number of rotatable bonds is 6. The lowest BCUT2D eigenvalue weighted by Gasteiger charge is -2.44. The number of carbonyl (C=O) groups excluding carboxylic acids is 1. The van der Waals surface area contributed by atoms with Crippen LogP contribution in [0.2, 0.25) is 0 Å². The predicted molar refractivity (Wildman–Crippen MR) is 165 cm³/mol. The molecular weight excluding hydrogens is 637 g/mol. The smallest absolute Gasteiger partial charge is 0.416 e. The van der Waals surface area contributed by atoms with Crippen LogP contribution in [0, 0.1) is 0 Å². The Kier molecular flexibility index (Phi) is 9.35. The molecule has 2 aromatic carbocycles. The van der Waals surface area contributed by atoms with Crippen molar-refractivity contribution in [2.45, 2.75) is 87.5 Å². The maximum absolute atomic E-state index is 14.2. The normalized spacial score (nSPS) is 23.5. The molecule has 2 fully saturated rings. The van der Waals surface area contributed by atoms with Gasteiger partial charge in [0.05, 0.1) is 37.6 Å². The van der Waals surface area contributed by atoms with Gasteiger partial charge in [0, 0.05) is 44.1 Å². The molecule has 6 rings (SSSR count). The molecule has 4 heterocycles. The van der Waals surface area contributed by atoms with Gasteiger partial charge in [0.25, 0.3) is 0 Å². The van der Waals surface area contributed by atoms with E-state index in [1.807, 2.05) is 30.3 Å². The van der Waals surface area contributed by atoms with Gasteiger partial charge in [-0.05, 0) is 50.5 Å². The number of ether oxygens (including phenoxy) is 2. The van der Waals surface area contributed by atoms with Gasteiger partial charge < -0.3 is 19.7 Å². The zero-order valence-corrected chi connectivity index (χ0v) is 27.1. The Labute approximate surface area is 272 Å². The average Bonchev–Trinajstić information content (AvgIpc) is 3.67. The molecule has 3 aliphatic heterocycles. The second-order valence-electron chi connectivity index (χ2n) is 12.8. The molecule has 2 saturated heterocycles. The summed E-state index contributed by atoms with van der Waals surface area (Å²) >= 11 is 0. The quantitative estimate of drug-likeness (QED) is 0.419. The molecule has 0 unspecified atom stereocenters. The molecule has 0 radical (unpaired) electrons. The van der Waals surface area contributed by atoms with Crippen molar-refractivity contribution in [2.75, 3.05) is 26.2 Å². The first-order valence-electron chi connectivity index (χ1n) is 15.8. The number of alkyl halides is 3. The fraction of sp³-hybridized carbons (Fsp3) is 0.531. The minimum absolute atomic E-state index is 0.00851. The number of hydrogen-bond donors (Lipinski definition) is 1. The second-order valence-corrected chi connectivity index (χ2v) is 14.7. The standard InChI is InChI=1S/C32H39F3N6O5S/c1-22(2)39-13-10-31(11-14-39)12-15-45-28-9-8-24(32(33,34)35)16-29(28)47(43,44)41-20-26(17-27(41)30(42)36-31)46-21-25-19-40(38-37-25)18-23-6-4-3-5-7-23/h3-9,16,19,22,26-27H,10-15,17-18,20-21H2,1-2H3,(H,36,42)/t26-,27+/m1/s1. The number of likely N-dealkylation sites (tertiary alicyclic amines) is 1. The van der Waals surface area contributed by atoms with Crippen LogP contribution in [0.4, 0.5) is 13.2 Å². The number of nitrogens with one attached hydrogen (secondary N) is 1. The summed E-state index contributed by atoms with van der Waals surface area (Å²) in [6.45, 7) is 5.97. The third kappa shape index (κ3) is 7.32. The summed E-state index contributed by atoms with van der Waals surface area (Å²) in [6, 6.07) is 11.3. The van der Waals surface area contributed by atoms with Crippen LogP contribution in [-0.2, 0) is 38.9 Å². The first-order valence-corrected chi connectivity index (χ1v) is 17.2. The molecule has 1 amide bonds. The van der Waals surface area contributed by atoms with Crippen LogP contribution in [0.25, 0.3) is 0 Å². The molecule has 0 aliphatic carbocycles. The van der Waals surface area contributed by atoms with E-state index in [4.69, 9.17) is 9.47 Å². The lowest BCUT2D eigenvalue weighted by molar-refractivity contribution is -0.137. The summed E-state index contributed by atoms with van der Waals surface area (Å²) in [6.07, 6.45) is -2.14. The van der Waals surface area contributed by atoms with Crippen LogP contribution in [0.1, 0.15) is 56.4 Å². The van der Waals surface area contributed by atoms with Crippen molar-refractivity contribution < 1.29 is 35.9 Å². The number of hydrogen-bond acceptors (Lipinski definition) is 8. The van der Waals surface area contributed by atoms with E-state index in [-0.39, 0.29) is 31.9 Å². The van der Waals surface area contributed by atoms with E-state index in [1.165, 1.54) is 0 Å². The number of halogens is 3. The van der Waals surface area contributed by atoms with E-state index in [0.717, 1.165) is 35.1 Å². The Balaban J connectivity index is 1.27. The zero-order valence-electron chi connectivity index (χ0n) is 26.3. The molecule has 1 N–H and O–H groups in total. The summed E-state index contributed by atoms with van der Waals surface area (Å²) in [5.41, 5.74) is -0.233. The number of fused-ring (bicyclic) bond motifs is 2. The molecule has 0 bridgehead atoms. The highest BCUT2D eigenvalue weighted by atomic mass is 32.2. The Morgan fingerprint density at radius 1 is 1.11 bits per heavy atom. The van der Waals surface area contributed by atoms with Crippen molar-refractivity contribution in [3.8, 4) is 5.75 Å². The second kappa shape index (κ2) is 13.2. The fourth-order valence-electron chi connectivity index (χ4n) is 6.59. The van der Waals surface area contributed by atoms with Gasteiger partial charge in [-0.25, -0.2) is 13.1 Å². The van der Waals surface area contributed by atoms with Crippen molar-refractivity contribution in [1.29, 1.82) is 0 Å². The summed E-state index contributed by atoms with van der Waals surface area (Å²) in [5, 5.41) is 11.5. The van der Waals surface area contributed by atoms with E-state index < -0.39 is 50.3 Å². The van der Waals surface area contributed by atoms with Crippen LogP contribution < -0.4 is 10.1 Å². The first-order chi connectivity index (χ1) is 22.3. The number of aromatic nitrogens is 3.